The minimum Gasteiger partial charge on any atom is -0.380 e. The van der Waals surface area contributed by atoms with Crippen LogP contribution in [0.15, 0.2) is 40.9 Å². The van der Waals surface area contributed by atoms with Crippen molar-refractivity contribution in [2.75, 3.05) is 5.32 Å². The van der Waals surface area contributed by atoms with Crippen LogP contribution in [0.5, 0.6) is 0 Å². The summed E-state index contributed by atoms with van der Waals surface area (Å²) < 4.78 is 14.2. The van der Waals surface area contributed by atoms with Crippen LogP contribution in [0.4, 0.5) is 15.8 Å². The van der Waals surface area contributed by atoms with E-state index in [-0.39, 0.29) is 18.0 Å². The Morgan fingerprint density at radius 3 is 2.70 bits per heavy atom. The van der Waals surface area contributed by atoms with Gasteiger partial charge in [0.25, 0.3) is 5.69 Å². The van der Waals surface area contributed by atoms with Crippen LogP contribution in [-0.2, 0) is 6.54 Å². The molecule has 6 heteroatoms. The topological polar surface area (TPSA) is 55.2 Å². The van der Waals surface area contributed by atoms with Crippen molar-refractivity contribution in [1.29, 1.82) is 0 Å². The van der Waals surface area contributed by atoms with Crippen LogP contribution in [0.2, 0.25) is 0 Å². The average Bonchev–Trinajstić information content (AvgIpc) is 2.39. The highest BCUT2D eigenvalue weighted by molar-refractivity contribution is 9.10. The van der Waals surface area contributed by atoms with Gasteiger partial charge in [0.2, 0.25) is 0 Å². The van der Waals surface area contributed by atoms with Gasteiger partial charge in [-0.3, -0.25) is 10.1 Å². The largest absolute Gasteiger partial charge is 0.380 e. The highest BCUT2D eigenvalue weighted by atomic mass is 79.9. The third-order valence-corrected chi connectivity index (χ3v) is 3.57. The molecule has 0 spiro atoms. The lowest BCUT2D eigenvalue weighted by Gasteiger charge is -2.10. The van der Waals surface area contributed by atoms with Gasteiger partial charge in [-0.25, -0.2) is 4.39 Å². The van der Waals surface area contributed by atoms with E-state index in [9.17, 15) is 14.5 Å². The standard InChI is InChI=1S/C14H12BrFN2O2/c1-9-6-11(15)13(7-14(9)18(19)20)17-8-10-4-2-3-5-12(10)16/h2-7,17H,8H2,1H3. The molecule has 0 bridgehead atoms. The van der Waals surface area contributed by atoms with E-state index in [2.05, 4.69) is 21.2 Å². The molecular formula is C14H12BrFN2O2. The van der Waals surface area contributed by atoms with E-state index in [1.54, 1.807) is 31.2 Å². The Balaban J connectivity index is 2.24. The van der Waals surface area contributed by atoms with E-state index in [1.807, 2.05) is 0 Å². The zero-order chi connectivity index (χ0) is 14.7. The third-order valence-electron chi connectivity index (χ3n) is 2.91. The van der Waals surface area contributed by atoms with Crippen LogP contribution >= 0.6 is 15.9 Å². The van der Waals surface area contributed by atoms with E-state index in [4.69, 9.17) is 0 Å². The summed E-state index contributed by atoms with van der Waals surface area (Å²) in [6.07, 6.45) is 0. The molecule has 0 aliphatic heterocycles. The molecule has 2 aromatic rings. The Bertz CT molecular complexity index is 662. The SMILES string of the molecule is Cc1cc(Br)c(NCc2ccccc2F)cc1[N+](=O)[O-]. The molecule has 1 N–H and O–H groups in total. The molecule has 104 valence electrons. The van der Waals surface area contributed by atoms with Crippen molar-refractivity contribution in [1.82, 2.24) is 0 Å². The molecule has 2 rings (SSSR count). The lowest BCUT2D eigenvalue weighted by atomic mass is 10.1. The molecule has 0 atom stereocenters. The molecule has 2 aromatic carbocycles. The van der Waals surface area contributed by atoms with Gasteiger partial charge in [0.1, 0.15) is 5.82 Å². The molecule has 4 nitrogen and oxygen atoms in total. The first kappa shape index (κ1) is 14.5. The summed E-state index contributed by atoms with van der Waals surface area (Å²) in [5, 5.41) is 13.9. The van der Waals surface area contributed by atoms with E-state index < -0.39 is 4.92 Å². The summed E-state index contributed by atoms with van der Waals surface area (Å²) in [5.74, 6) is -0.308. The van der Waals surface area contributed by atoms with Gasteiger partial charge < -0.3 is 5.32 Å². The van der Waals surface area contributed by atoms with Crippen LogP contribution in [-0.4, -0.2) is 4.92 Å². The molecule has 0 fully saturated rings. The van der Waals surface area contributed by atoms with Gasteiger partial charge in [0.15, 0.2) is 0 Å². The van der Waals surface area contributed by atoms with Crippen LogP contribution < -0.4 is 5.32 Å². The predicted octanol–water partition coefficient (Wildman–Crippen LogP) is 4.42. The van der Waals surface area contributed by atoms with Crippen LogP contribution in [0.3, 0.4) is 0 Å². The molecular weight excluding hydrogens is 327 g/mol. The highest BCUT2D eigenvalue weighted by Gasteiger charge is 2.14. The van der Waals surface area contributed by atoms with Crippen molar-refractivity contribution in [2.24, 2.45) is 0 Å². The van der Waals surface area contributed by atoms with Gasteiger partial charge in [0, 0.05) is 28.2 Å². The number of rotatable bonds is 4. The Morgan fingerprint density at radius 2 is 2.05 bits per heavy atom. The number of benzene rings is 2. The first-order valence-electron chi connectivity index (χ1n) is 5.91. The molecule has 0 aliphatic carbocycles. The fraction of sp³-hybridized carbons (Fsp3) is 0.143. The molecule has 0 saturated carbocycles. The molecule has 0 saturated heterocycles. The second-order valence-corrected chi connectivity index (χ2v) is 5.17. The molecule has 0 aliphatic rings. The quantitative estimate of drug-likeness (QED) is 0.663. The number of nitro groups is 1. The summed E-state index contributed by atoms with van der Waals surface area (Å²) >= 11 is 3.34. The fourth-order valence-electron chi connectivity index (χ4n) is 1.83. The Morgan fingerprint density at radius 1 is 1.35 bits per heavy atom. The van der Waals surface area contributed by atoms with Gasteiger partial charge >= 0.3 is 0 Å². The molecule has 20 heavy (non-hydrogen) atoms. The van der Waals surface area contributed by atoms with Crippen molar-refractivity contribution >= 4 is 27.3 Å². The Kier molecular flexibility index (Phi) is 4.34. The third kappa shape index (κ3) is 3.14. The maximum atomic E-state index is 13.5. The summed E-state index contributed by atoms with van der Waals surface area (Å²) in [4.78, 5) is 10.5. The number of nitrogens with zero attached hydrogens (tertiary/aromatic N) is 1. The van der Waals surface area contributed by atoms with Gasteiger partial charge in [0.05, 0.1) is 10.6 Å². The second-order valence-electron chi connectivity index (χ2n) is 4.32. The van der Waals surface area contributed by atoms with Crippen molar-refractivity contribution in [2.45, 2.75) is 13.5 Å². The van der Waals surface area contributed by atoms with Crippen molar-refractivity contribution in [3.63, 3.8) is 0 Å². The minimum atomic E-state index is -0.434. The van der Waals surface area contributed by atoms with Crippen LogP contribution in [0, 0.1) is 22.9 Å². The van der Waals surface area contributed by atoms with Gasteiger partial charge in [-0.15, -0.1) is 0 Å². The molecule has 0 unspecified atom stereocenters. The molecule has 0 radical (unpaired) electrons. The number of halogens is 2. The highest BCUT2D eigenvalue weighted by Crippen LogP contribution is 2.31. The number of aryl methyl sites for hydroxylation is 1. The van der Waals surface area contributed by atoms with Crippen molar-refractivity contribution in [3.8, 4) is 0 Å². The Hall–Kier alpha value is -1.95. The maximum Gasteiger partial charge on any atom is 0.274 e. The number of hydrogen-bond donors (Lipinski definition) is 1. The maximum absolute atomic E-state index is 13.5. The second kappa shape index (κ2) is 6.00. The predicted molar refractivity (Wildman–Crippen MR) is 79.3 cm³/mol. The van der Waals surface area contributed by atoms with Crippen molar-refractivity contribution in [3.05, 3.63) is 67.9 Å². The zero-order valence-corrected chi connectivity index (χ0v) is 12.3. The number of nitro benzene ring substituents is 1. The smallest absolute Gasteiger partial charge is 0.274 e. The molecule has 0 heterocycles. The van der Waals surface area contributed by atoms with E-state index in [1.165, 1.54) is 12.1 Å². The summed E-state index contributed by atoms with van der Waals surface area (Å²) in [6.45, 7) is 1.93. The number of anilines is 1. The minimum absolute atomic E-state index is 0.0317. The van der Waals surface area contributed by atoms with Crippen molar-refractivity contribution < 1.29 is 9.31 Å². The van der Waals surface area contributed by atoms with E-state index in [0.29, 0.717) is 21.3 Å². The van der Waals surface area contributed by atoms with Crippen LogP contribution in [0.1, 0.15) is 11.1 Å². The van der Waals surface area contributed by atoms with Gasteiger partial charge in [-0.05, 0) is 35.0 Å². The first-order valence-corrected chi connectivity index (χ1v) is 6.70. The Labute approximate surface area is 123 Å². The summed E-state index contributed by atoms with van der Waals surface area (Å²) in [7, 11) is 0. The summed E-state index contributed by atoms with van der Waals surface area (Å²) in [5.41, 5.74) is 1.66. The molecule has 0 aromatic heterocycles. The summed E-state index contributed by atoms with van der Waals surface area (Å²) in [6, 6.07) is 9.52. The zero-order valence-electron chi connectivity index (χ0n) is 10.7. The van der Waals surface area contributed by atoms with Crippen LogP contribution in [0.25, 0.3) is 0 Å². The van der Waals surface area contributed by atoms with Gasteiger partial charge in [-0.1, -0.05) is 18.2 Å². The lowest BCUT2D eigenvalue weighted by molar-refractivity contribution is -0.385. The average molecular weight is 339 g/mol. The van der Waals surface area contributed by atoms with E-state index in [0.717, 1.165) is 0 Å². The van der Waals surface area contributed by atoms with Gasteiger partial charge in [-0.2, -0.15) is 0 Å². The monoisotopic (exact) mass is 338 g/mol. The van der Waals surface area contributed by atoms with E-state index >= 15 is 0 Å². The number of nitrogens with one attached hydrogen (secondary N) is 1. The number of hydrogen-bond acceptors (Lipinski definition) is 3. The lowest BCUT2D eigenvalue weighted by Crippen LogP contribution is -2.03. The normalized spacial score (nSPS) is 10.3. The first-order chi connectivity index (χ1) is 9.49. The fourth-order valence-corrected chi connectivity index (χ4v) is 2.42. The molecule has 0 amide bonds.